The van der Waals surface area contributed by atoms with Crippen molar-refractivity contribution in [1.82, 2.24) is 20.1 Å². The summed E-state index contributed by atoms with van der Waals surface area (Å²) in [7, 11) is 0. The van der Waals surface area contributed by atoms with E-state index < -0.39 is 0 Å². The molecule has 2 atom stereocenters. The van der Waals surface area contributed by atoms with E-state index in [0.29, 0.717) is 18.2 Å². The Morgan fingerprint density at radius 1 is 1.28 bits per heavy atom. The van der Waals surface area contributed by atoms with Crippen LogP contribution in [0.4, 0.5) is 0 Å². The molecule has 3 aromatic rings. The summed E-state index contributed by atoms with van der Waals surface area (Å²) in [5, 5.41) is 16.4. The first-order valence-corrected chi connectivity index (χ1v) is 10.6. The van der Waals surface area contributed by atoms with Crippen LogP contribution in [0.3, 0.4) is 0 Å². The molecule has 5 heterocycles. The number of aromatic nitrogens is 2. The van der Waals surface area contributed by atoms with Gasteiger partial charge in [0.15, 0.2) is 0 Å². The molecule has 29 heavy (non-hydrogen) atoms. The third-order valence-electron chi connectivity index (χ3n) is 5.37. The lowest BCUT2D eigenvalue weighted by molar-refractivity contribution is -0.134. The first-order valence-electron chi connectivity index (χ1n) is 9.70. The maximum Gasteiger partial charge on any atom is 0.257 e. The molecule has 2 aliphatic heterocycles. The van der Waals surface area contributed by atoms with Crippen LogP contribution in [0.25, 0.3) is 0 Å². The quantitative estimate of drug-likeness (QED) is 0.638. The van der Waals surface area contributed by atoms with Crippen LogP contribution in [0.5, 0.6) is 0 Å². The Bertz CT molecular complexity index is 1010. The standard InChI is InChI=1S/C20H21N5O3S/c1-13-21-22-20(28-13)15-5-2-8-24(15)12-19(26)25-16(17-6-3-9-27-17)11-14(23-25)18-7-4-10-29-18/h3-4,6-7,9-10,15-16H,2,5,8,11-12H2,1H3. The summed E-state index contributed by atoms with van der Waals surface area (Å²) >= 11 is 1.63. The molecule has 3 aromatic heterocycles. The molecule has 0 radical (unpaired) electrons. The highest BCUT2D eigenvalue weighted by atomic mass is 32.1. The van der Waals surface area contributed by atoms with Gasteiger partial charge < -0.3 is 8.83 Å². The maximum absolute atomic E-state index is 13.3. The molecular weight excluding hydrogens is 390 g/mol. The van der Waals surface area contributed by atoms with Crippen LogP contribution in [0, 0.1) is 6.92 Å². The Kier molecular flexibility index (Phi) is 4.76. The number of aryl methyl sites for hydroxylation is 1. The Morgan fingerprint density at radius 2 is 2.21 bits per heavy atom. The molecule has 2 aliphatic rings. The zero-order valence-electron chi connectivity index (χ0n) is 16.0. The van der Waals surface area contributed by atoms with Gasteiger partial charge in [0.05, 0.1) is 29.4 Å². The molecule has 1 fully saturated rings. The minimum Gasteiger partial charge on any atom is -0.467 e. The van der Waals surface area contributed by atoms with Gasteiger partial charge >= 0.3 is 0 Å². The SMILES string of the molecule is Cc1nnc(C2CCCN2CC(=O)N2N=C(c3cccs3)CC2c2ccco2)o1. The first-order chi connectivity index (χ1) is 14.2. The van der Waals surface area contributed by atoms with E-state index in [4.69, 9.17) is 8.83 Å². The van der Waals surface area contributed by atoms with Crippen LogP contribution < -0.4 is 0 Å². The number of hydrogen-bond acceptors (Lipinski definition) is 8. The second kappa shape index (κ2) is 7.57. The minimum atomic E-state index is -0.221. The van der Waals surface area contributed by atoms with Crippen LogP contribution in [0.1, 0.15) is 53.8 Å². The summed E-state index contributed by atoms with van der Waals surface area (Å²) in [6.07, 6.45) is 4.17. The fourth-order valence-electron chi connectivity index (χ4n) is 4.02. The smallest absolute Gasteiger partial charge is 0.257 e. The van der Waals surface area contributed by atoms with Gasteiger partial charge in [-0.3, -0.25) is 9.69 Å². The Labute approximate surface area is 171 Å². The lowest BCUT2D eigenvalue weighted by Crippen LogP contribution is -2.38. The van der Waals surface area contributed by atoms with Crippen LogP contribution >= 0.6 is 11.3 Å². The highest BCUT2D eigenvalue weighted by Crippen LogP contribution is 2.35. The zero-order chi connectivity index (χ0) is 19.8. The van der Waals surface area contributed by atoms with E-state index in [-0.39, 0.29) is 24.5 Å². The number of rotatable bonds is 5. The molecular formula is C20H21N5O3S. The van der Waals surface area contributed by atoms with Crippen molar-refractivity contribution in [3.8, 4) is 0 Å². The van der Waals surface area contributed by atoms with Crippen LogP contribution in [0.15, 0.2) is 49.8 Å². The topological polar surface area (TPSA) is 88.0 Å². The average molecular weight is 411 g/mol. The van der Waals surface area contributed by atoms with Gasteiger partial charge in [0.2, 0.25) is 11.8 Å². The number of carbonyl (C=O) groups is 1. The Hall–Kier alpha value is -2.78. The van der Waals surface area contributed by atoms with E-state index in [1.807, 2.05) is 29.6 Å². The van der Waals surface area contributed by atoms with Crippen molar-refractivity contribution in [1.29, 1.82) is 0 Å². The van der Waals surface area contributed by atoms with Gasteiger partial charge in [-0.15, -0.1) is 21.5 Å². The van der Waals surface area contributed by atoms with Gasteiger partial charge in [0.25, 0.3) is 5.91 Å². The highest BCUT2D eigenvalue weighted by molar-refractivity contribution is 7.12. The van der Waals surface area contributed by atoms with E-state index in [0.717, 1.165) is 35.7 Å². The molecule has 1 saturated heterocycles. The van der Waals surface area contributed by atoms with Gasteiger partial charge in [-0.25, -0.2) is 5.01 Å². The number of amides is 1. The lowest BCUT2D eigenvalue weighted by Gasteiger charge is -2.25. The second-order valence-electron chi connectivity index (χ2n) is 7.29. The van der Waals surface area contributed by atoms with Crippen LogP contribution in [0.2, 0.25) is 0 Å². The summed E-state index contributed by atoms with van der Waals surface area (Å²) in [5.41, 5.74) is 0.917. The molecule has 5 rings (SSSR count). The van der Waals surface area contributed by atoms with E-state index in [1.165, 1.54) is 0 Å². The van der Waals surface area contributed by atoms with Crippen molar-refractivity contribution in [2.24, 2.45) is 5.10 Å². The fraction of sp³-hybridized carbons (Fsp3) is 0.400. The Morgan fingerprint density at radius 3 is 2.93 bits per heavy atom. The van der Waals surface area contributed by atoms with Crippen molar-refractivity contribution in [3.05, 3.63) is 58.3 Å². The predicted molar refractivity (Wildman–Crippen MR) is 106 cm³/mol. The van der Waals surface area contributed by atoms with Gasteiger partial charge in [-0.05, 0) is 43.0 Å². The molecule has 0 bridgehead atoms. The third-order valence-corrected chi connectivity index (χ3v) is 6.29. The van der Waals surface area contributed by atoms with Gasteiger partial charge in [-0.2, -0.15) is 5.10 Å². The van der Waals surface area contributed by atoms with Crippen LogP contribution in [-0.4, -0.2) is 44.8 Å². The summed E-state index contributed by atoms with van der Waals surface area (Å²) in [5.74, 6) is 1.82. The summed E-state index contributed by atoms with van der Waals surface area (Å²) in [6.45, 7) is 2.85. The van der Waals surface area contributed by atoms with Crippen molar-refractivity contribution in [2.45, 2.75) is 38.3 Å². The summed E-state index contributed by atoms with van der Waals surface area (Å²) in [4.78, 5) is 16.5. The average Bonchev–Trinajstić information content (AvgIpc) is 3.51. The number of hydrogen-bond donors (Lipinski definition) is 0. The fourth-order valence-corrected chi connectivity index (χ4v) is 4.74. The van der Waals surface area contributed by atoms with Gasteiger partial charge in [-0.1, -0.05) is 6.07 Å². The van der Waals surface area contributed by atoms with Gasteiger partial charge in [0.1, 0.15) is 11.8 Å². The van der Waals surface area contributed by atoms with E-state index in [9.17, 15) is 4.79 Å². The second-order valence-corrected chi connectivity index (χ2v) is 8.23. The lowest BCUT2D eigenvalue weighted by atomic mass is 10.1. The molecule has 0 spiro atoms. The zero-order valence-corrected chi connectivity index (χ0v) is 16.8. The molecule has 2 unspecified atom stereocenters. The Balaban J connectivity index is 1.37. The molecule has 9 heteroatoms. The summed E-state index contributed by atoms with van der Waals surface area (Å²) < 4.78 is 11.2. The molecule has 1 amide bonds. The summed E-state index contributed by atoms with van der Waals surface area (Å²) in [6, 6.07) is 7.53. The van der Waals surface area contributed by atoms with Crippen molar-refractivity contribution in [2.75, 3.05) is 13.1 Å². The number of nitrogens with zero attached hydrogens (tertiary/aromatic N) is 5. The van der Waals surface area contributed by atoms with E-state index in [1.54, 1.807) is 29.5 Å². The number of hydrazone groups is 1. The van der Waals surface area contributed by atoms with Crippen molar-refractivity contribution >= 4 is 23.0 Å². The van der Waals surface area contributed by atoms with Crippen LogP contribution in [-0.2, 0) is 4.79 Å². The molecule has 0 aromatic carbocycles. The minimum absolute atomic E-state index is 0.0226. The first kappa shape index (κ1) is 18.3. The van der Waals surface area contributed by atoms with Crippen molar-refractivity contribution < 1.29 is 13.6 Å². The molecule has 150 valence electrons. The van der Waals surface area contributed by atoms with Gasteiger partial charge in [0, 0.05) is 13.3 Å². The van der Waals surface area contributed by atoms with Crippen molar-refractivity contribution in [3.63, 3.8) is 0 Å². The predicted octanol–water partition coefficient (Wildman–Crippen LogP) is 3.55. The molecule has 0 N–H and O–H groups in total. The maximum atomic E-state index is 13.3. The number of thiophene rings is 1. The molecule has 0 aliphatic carbocycles. The monoisotopic (exact) mass is 411 g/mol. The number of carbonyl (C=O) groups excluding carboxylic acids is 1. The third kappa shape index (κ3) is 3.51. The molecule has 8 nitrogen and oxygen atoms in total. The highest BCUT2D eigenvalue weighted by Gasteiger charge is 2.38. The molecule has 0 saturated carbocycles. The largest absolute Gasteiger partial charge is 0.467 e. The van der Waals surface area contributed by atoms with E-state index >= 15 is 0 Å². The number of likely N-dealkylation sites (tertiary alicyclic amines) is 1. The normalized spacial score (nSPS) is 22.4. The number of furan rings is 1. The van der Waals surface area contributed by atoms with E-state index in [2.05, 4.69) is 20.2 Å².